The van der Waals surface area contributed by atoms with Gasteiger partial charge in [0, 0.05) is 11.5 Å². The molecule has 0 aliphatic carbocycles. The standard InChI is InChI=1S/C17H12Cl2O3/c1-10-13-8-7-12(20)9-14(13)22-16(21)15(10)17(18,19)11-5-3-2-4-6-11/h2-9,20H,1H3. The lowest BCUT2D eigenvalue weighted by atomic mass is 9.98. The Morgan fingerprint density at radius 2 is 1.77 bits per heavy atom. The lowest BCUT2D eigenvalue weighted by molar-refractivity contribution is 0.472. The SMILES string of the molecule is Cc1c(C(Cl)(Cl)c2ccccc2)c(=O)oc2cc(O)ccc12. The molecule has 0 aliphatic heterocycles. The van der Waals surface area contributed by atoms with E-state index in [2.05, 4.69) is 0 Å². The van der Waals surface area contributed by atoms with Gasteiger partial charge in [0.1, 0.15) is 11.3 Å². The van der Waals surface area contributed by atoms with Crippen LogP contribution in [0.3, 0.4) is 0 Å². The summed E-state index contributed by atoms with van der Waals surface area (Å²) in [6, 6.07) is 13.5. The molecule has 22 heavy (non-hydrogen) atoms. The average molecular weight is 335 g/mol. The molecule has 1 heterocycles. The predicted molar refractivity (Wildman–Crippen MR) is 87.8 cm³/mol. The van der Waals surface area contributed by atoms with Crippen LogP contribution in [0.15, 0.2) is 57.7 Å². The largest absolute Gasteiger partial charge is 0.508 e. The van der Waals surface area contributed by atoms with E-state index in [1.54, 1.807) is 37.3 Å². The first kappa shape index (κ1) is 14.9. The molecule has 1 aromatic heterocycles. The summed E-state index contributed by atoms with van der Waals surface area (Å²) in [5, 5.41) is 10.2. The molecule has 0 radical (unpaired) electrons. The Morgan fingerprint density at radius 3 is 2.45 bits per heavy atom. The van der Waals surface area contributed by atoms with Gasteiger partial charge in [0.2, 0.25) is 0 Å². The van der Waals surface area contributed by atoms with Crippen LogP contribution in [0.2, 0.25) is 0 Å². The average Bonchev–Trinajstić information content (AvgIpc) is 2.47. The maximum atomic E-state index is 12.4. The smallest absolute Gasteiger partial charge is 0.343 e. The highest BCUT2D eigenvalue weighted by atomic mass is 35.5. The molecule has 112 valence electrons. The van der Waals surface area contributed by atoms with Gasteiger partial charge in [-0.2, -0.15) is 0 Å². The van der Waals surface area contributed by atoms with Crippen molar-refractivity contribution in [2.24, 2.45) is 0 Å². The maximum Gasteiger partial charge on any atom is 0.343 e. The molecule has 0 aliphatic rings. The molecule has 5 heteroatoms. The second-order valence-electron chi connectivity index (χ2n) is 5.01. The molecule has 0 spiro atoms. The highest BCUT2D eigenvalue weighted by molar-refractivity contribution is 6.50. The molecule has 0 bridgehead atoms. The fraction of sp³-hybridized carbons (Fsp3) is 0.118. The van der Waals surface area contributed by atoms with Crippen molar-refractivity contribution in [3.8, 4) is 5.75 Å². The number of alkyl halides is 2. The van der Waals surface area contributed by atoms with Crippen LogP contribution >= 0.6 is 23.2 Å². The van der Waals surface area contributed by atoms with Crippen molar-refractivity contribution < 1.29 is 9.52 Å². The number of phenols is 1. The summed E-state index contributed by atoms with van der Waals surface area (Å²) in [4.78, 5) is 12.4. The summed E-state index contributed by atoms with van der Waals surface area (Å²) in [5.74, 6) is 0.0221. The summed E-state index contributed by atoms with van der Waals surface area (Å²) in [6.45, 7) is 1.76. The van der Waals surface area contributed by atoms with E-state index in [0.717, 1.165) is 0 Å². The van der Waals surface area contributed by atoms with Crippen LogP contribution in [0.4, 0.5) is 0 Å². The maximum absolute atomic E-state index is 12.4. The van der Waals surface area contributed by atoms with Crippen molar-refractivity contribution in [2.75, 3.05) is 0 Å². The normalized spacial score (nSPS) is 11.8. The fourth-order valence-electron chi connectivity index (χ4n) is 2.50. The molecule has 3 rings (SSSR count). The summed E-state index contributed by atoms with van der Waals surface area (Å²) in [7, 11) is 0. The van der Waals surface area contributed by atoms with Gasteiger partial charge in [-0.3, -0.25) is 0 Å². The van der Waals surface area contributed by atoms with E-state index < -0.39 is 9.96 Å². The lowest BCUT2D eigenvalue weighted by Crippen LogP contribution is -2.24. The van der Waals surface area contributed by atoms with Crippen molar-refractivity contribution >= 4 is 34.2 Å². The lowest BCUT2D eigenvalue weighted by Gasteiger charge is -2.21. The molecule has 3 nitrogen and oxygen atoms in total. The number of fused-ring (bicyclic) bond motifs is 1. The molecule has 0 fully saturated rings. The van der Waals surface area contributed by atoms with Gasteiger partial charge < -0.3 is 9.52 Å². The fourth-order valence-corrected chi connectivity index (χ4v) is 3.19. The van der Waals surface area contributed by atoms with Crippen LogP contribution in [-0.2, 0) is 4.33 Å². The highest BCUT2D eigenvalue weighted by Crippen LogP contribution is 2.42. The van der Waals surface area contributed by atoms with E-state index in [9.17, 15) is 9.90 Å². The van der Waals surface area contributed by atoms with Gasteiger partial charge in [0.05, 0.1) is 5.56 Å². The summed E-state index contributed by atoms with van der Waals surface area (Å²) in [6.07, 6.45) is 0. The van der Waals surface area contributed by atoms with Crippen molar-refractivity contribution in [1.82, 2.24) is 0 Å². The first-order chi connectivity index (χ1) is 10.4. The van der Waals surface area contributed by atoms with Crippen molar-refractivity contribution in [3.05, 3.63) is 75.6 Å². The minimum absolute atomic E-state index is 0.0221. The first-order valence-electron chi connectivity index (χ1n) is 6.61. The van der Waals surface area contributed by atoms with E-state index in [4.69, 9.17) is 27.6 Å². The Balaban J connectivity index is 2.32. The molecule has 0 unspecified atom stereocenters. The van der Waals surface area contributed by atoms with Crippen LogP contribution in [0, 0.1) is 6.92 Å². The Kier molecular flexibility index (Phi) is 3.63. The number of rotatable bonds is 2. The van der Waals surface area contributed by atoms with E-state index in [0.29, 0.717) is 22.1 Å². The molecule has 3 aromatic rings. The Hall–Kier alpha value is -1.97. The van der Waals surface area contributed by atoms with Crippen LogP contribution in [0.25, 0.3) is 11.0 Å². The molecule has 1 N–H and O–H groups in total. The predicted octanol–water partition coefficient (Wildman–Crippen LogP) is 4.49. The van der Waals surface area contributed by atoms with E-state index >= 15 is 0 Å². The van der Waals surface area contributed by atoms with Gasteiger partial charge in [-0.25, -0.2) is 4.79 Å². The molecular weight excluding hydrogens is 323 g/mol. The minimum atomic E-state index is -1.52. The zero-order valence-electron chi connectivity index (χ0n) is 11.6. The Labute approximate surface area is 136 Å². The van der Waals surface area contributed by atoms with Gasteiger partial charge in [0.25, 0.3) is 0 Å². The van der Waals surface area contributed by atoms with Gasteiger partial charge in [-0.1, -0.05) is 53.5 Å². The van der Waals surface area contributed by atoms with Gasteiger partial charge >= 0.3 is 5.63 Å². The molecule has 0 amide bonds. The van der Waals surface area contributed by atoms with Crippen LogP contribution in [0.5, 0.6) is 5.75 Å². The molecular formula is C17H12Cl2O3. The number of aromatic hydroxyl groups is 1. The van der Waals surface area contributed by atoms with Gasteiger partial charge in [-0.05, 0) is 30.2 Å². The third kappa shape index (κ3) is 2.36. The Bertz CT molecular complexity index is 899. The quantitative estimate of drug-likeness (QED) is 0.555. The Morgan fingerprint density at radius 1 is 1.09 bits per heavy atom. The number of benzene rings is 2. The molecule has 0 saturated carbocycles. The minimum Gasteiger partial charge on any atom is -0.508 e. The van der Waals surface area contributed by atoms with Gasteiger partial charge in [-0.15, -0.1) is 0 Å². The second-order valence-corrected chi connectivity index (χ2v) is 6.34. The van der Waals surface area contributed by atoms with Crippen LogP contribution < -0.4 is 5.63 Å². The summed E-state index contributed by atoms with van der Waals surface area (Å²) < 4.78 is 3.76. The number of halogens is 2. The third-order valence-electron chi connectivity index (χ3n) is 3.60. The van der Waals surface area contributed by atoms with Crippen LogP contribution in [-0.4, -0.2) is 5.11 Å². The van der Waals surface area contributed by atoms with E-state index in [-0.39, 0.29) is 11.3 Å². The highest BCUT2D eigenvalue weighted by Gasteiger charge is 2.35. The number of phenolic OH excluding ortho intramolecular Hbond substituents is 1. The number of hydrogen-bond acceptors (Lipinski definition) is 3. The van der Waals surface area contributed by atoms with Gasteiger partial charge in [0.15, 0.2) is 4.33 Å². The number of hydrogen-bond donors (Lipinski definition) is 1. The second kappa shape index (κ2) is 5.34. The molecule has 2 aromatic carbocycles. The summed E-state index contributed by atoms with van der Waals surface area (Å²) >= 11 is 13.0. The first-order valence-corrected chi connectivity index (χ1v) is 7.37. The zero-order chi connectivity index (χ0) is 15.9. The topological polar surface area (TPSA) is 50.4 Å². The monoisotopic (exact) mass is 334 g/mol. The molecule has 0 saturated heterocycles. The number of aryl methyl sites for hydroxylation is 1. The zero-order valence-corrected chi connectivity index (χ0v) is 13.2. The third-order valence-corrected chi connectivity index (χ3v) is 4.42. The van der Waals surface area contributed by atoms with Crippen molar-refractivity contribution in [2.45, 2.75) is 11.3 Å². The van der Waals surface area contributed by atoms with E-state index in [1.165, 1.54) is 12.1 Å². The molecule has 0 atom stereocenters. The van der Waals surface area contributed by atoms with E-state index in [1.807, 2.05) is 6.07 Å². The van der Waals surface area contributed by atoms with Crippen molar-refractivity contribution in [3.63, 3.8) is 0 Å². The van der Waals surface area contributed by atoms with Crippen LogP contribution in [0.1, 0.15) is 16.7 Å². The van der Waals surface area contributed by atoms with Crippen molar-refractivity contribution in [1.29, 1.82) is 0 Å². The summed E-state index contributed by atoms with van der Waals surface area (Å²) in [5.41, 5.74) is 1.07.